The molecule has 104 valence electrons. The fourth-order valence-corrected chi connectivity index (χ4v) is 2.97. The van der Waals surface area contributed by atoms with E-state index in [4.69, 9.17) is 5.73 Å². The second-order valence-electron chi connectivity index (χ2n) is 5.13. The third-order valence-corrected chi connectivity index (χ3v) is 4.47. The number of carbonyl (C=O) groups excluding carboxylic acids is 1. The summed E-state index contributed by atoms with van der Waals surface area (Å²) in [6.45, 7) is 0.362. The Morgan fingerprint density at radius 1 is 1.37 bits per heavy atom. The Balaban J connectivity index is 2.12. The Kier molecular flexibility index (Phi) is 4.58. The van der Waals surface area contributed by atoms with Gasteiger partial charge >= 0.3 is 0 Å². The molecule has 1 saturated carbocycles. The number of hydrogen-bond acceptors (Lipinski definition) is 2. The van der Waals surface area contributed by atoms with Crippen LogP contribution in [0.3, 0.4) is 0 Å². The van der Waals surface area contributed by atoms with Crippen molar-refractivity contribution >= 4 is 27.5 Å². The van der Waals surface area contributed by atoms with Gasteiger partial charge in [-0.3, -0.25) is 4.79 Å². The summed E-state index contributed by atoms with van der Waals surface area (Å²) in [5.41, 5.74) is 5.95. The maximum absolute atomic E-state index is 13.2. The third kappa shape index (κ3) is 3.15. The van der Waals surface area contributed by atoms with Crippen molar-refractivity contribution in [3.05, 3.63) is 28.5 Å². The highest BCUT2D eigenvalue weighted by molar-refractivity contribution is 9.10. The van der Waals surface area contributed by atoms with E-state index in [9.17, 15) is 9.18 Å². The molecule has 5 heteroatoms. The van der Waals surface area contributed by atoms with E-state index in [-0.39, 0.29) is 11.7 Å². The van der Waals surface area contributed by atoms with Crippen LogP contribution in [-0.2, 0) is 4.79 Å². The molecule has 19 heavy (non-hydrogen) atoms. The monoisotopic (exact) mass is 328 g/mol. The SMILES string of the molecule is NCC1(C(=O)Nc2ccc(F)c(Br)c2)CCCCC1. The summed E-state index contributed by atoms with van der Waals surface area (Å²) in [4.78, 5) is 12.4. The molecule has 0 saturated heterocycles. The number of rotatable bonds is 3. The molecule has 0 atom stereocenters. The zero-order chi connectivity index (χ0) is 13.9. The lowest BCUT2D eigenvalue weighted by Gasteiger charge is -2.34. The molecule has 0 unspecified atom stereocenters. The summed E-state index contributed by atoms with van der Waals surface area (Å²) in [7, 11) is 0. The highest BCUT2D eigenvalue weighted by Crippen LogP contribution is 2.36. The van der Waals surface area contributed by atoms with Gasteiger partial charge in [-0.2, -0.15) is 0 Å². The number of halogens is 2. The van der Waals surface area contributed by atoms with Crippen molar-refractivity contribution in [2.24, 2.45) is 11.1 Å². The number of anilines is 1. The molecular formula is C14H18BrFN2O. The topological polar surface area (TPSA) is 55.1 Å². The quantitative estimate of drug-likeness (QED) is 0.893. The first-order chi connectivity index (χ1) is 9.07. The van der Waals surface area contributed by atoms with Crippen LogP contribution in [0.5, 0.6) is 0 Å². The highest BCUT2D eigenvalue weighted by Gasteiger charge is 2.38. The summed E-state index contributed by atoms with van der Waals surface area (Å²) in [5, 5.41) is 2.86. The summed E-state index contributed by atoms with van der Waals surface area (Å²) in [6.07, 6.45) is 4.90. The highest BCUT2D eigenvalue weighted by atomic mass is 79.9. The van der Waals surface area contributed by atoms with Crippen molar-refractivity contribution in [3.63, 3.8) is 0 Å². The lowest BCUT2D eigenvalue weighted by atomic mass is 9.73. The van der Waals surface area contributed by atoms with Crippen LogP contribution in [0.2, 0.25) is 0 Å². The molecule has 0 radical (unpaired) electrons. The van der Waals surface area contributed by atoms with E-state index < -0.39 is 5.41 Å². The summed E-state index contributed by atoms with van der Waals surface area (Å²) < 4.78 is 13.5. The minimum atomic E-state index is -0.459. The summed E-state index contributed by atoms with van der Waals surface area (Å²) >= 11 is 3.11. The largest absolute Gasteiger partial charge is 0.329 e. The molecule has 1 aromatic rings. The Morgan fingerprint density at radius 3 is 2.63 bits per heavy atom. The van der Waals surface area contributed by atoms with Gasteiger partial charge < -0.3 is 11.1 Å². The first kappa shape index (κ1) is 14.5. The minimum Gasteiger partial charge on any atom is -0.329 e. The lowest BCUT2D eigenvalue weighted by molar-refractivity contribution is -0.126. The summed E-state index contributed by atoms with van der Waals surface area (Å²) in [5.74, 6) is -0.391. The van der Waals surface area contributed by atoms with Crippen LogP contribution in [0.25, 0.3) is 0 Å². The van der Waals surface area contributed by atoms with E-state index in [0.717, 1.165) is 32.1 Å². The lowest BCUT2D eigenvalue weighted by Crippen LogP contribution is -2.43. The van der Waals surface area contributed by atoms with Crippen molar-refractivity contribution in [1.82, 2.24) is 0 Å². The molecular weight excluding hydrogens is 311 g/mol. The van der Waals surface area contributed by atoms with Gasteiger partial charge in [0, 0.05) is 12.2 Å². The van der Waals surface area contributed by atoms with E-state index in [0.29, 0.717) is 16.7 Å². The molecule has 1 aliphatic rings. The number of amides is 1. The average molecular weight is 329 g/mol. The molecule has 1 aromatic carbocycles. The molecule has 0 aliphatic heterocycles. The molecule has 0 aromatic heterocycles. The fraction of sp³-hybridized carbons (Fsp3) is 0.500. The Bertz CT molecular complexity index is 473. The van der Waals surface area contributed by atoms with Gasteiger partial charge in [0.25, 0.3) is 0 Å². The molecule has 3 nitrogen and oxygen atoms in total. The maximum atomic E-state index is 13.2. The zero-order valence-corrected chi connectivity index (χ0v) is 12.3. The van der Waals surface area contributed by atoms with Crippen molar-refractivity contribution in [2.75, 3.05) is 11.9 Å². The van der Waals surface area contributed by atoms with Gasteiger partial charge in [-0.15, -0.1) is 0 Å². The second kappa shape index (κ2) is 6.01. The van der Waals surface area contributed by atoms with E-state index in [1.165, 1.54) is 6.07 Å². The van der Waals surface area contributed by atoms with Gasteiger partial charge in [0.2, 0.25) is 5.91 Å². The molecule has 1 amide bonds. The Labute approximate surface area is 120 Å². The van der Waals surface area contributed by atoms with Crippen LogP contribution in [0.15, 0.2) is 22.7 Å². The van der Waals surface area contributed by atoms with Crippen LogP contribution in [-0.4, -0.2) is 12.5 Å². The van der Waals surface area contributed by atoms with E-state index >= 15 is 0 Å². The Morgan fingerprint density at radius 2 is 2.05 bits per heavy atom. The first-order valence-electron chi connectivity index (χ1n) is 6.54. The van der Waals surface area contributed by atoms with Gasteiger partial charge in [0.15, 0.2) is 0 Å². The van der Waals surface area contributed by atoms with Crippen LogP contribution in [0, 0.1) is 11.2 Å². The van der Waals surface area contributed by atoms with Gasteiger partial charge in [-0.1, -0.05) is 19.3 Å². The molecule has 1 fully saturated rings. The Hall–Kier alpha value is -0.940. The van der Waals surface area contributed by atoms with Gasteiger partial charge in [0.05, 0.1) is 9.89 Å². The molecule has 1 aliphatic carbocycles. The number of nitrogens with one attached hydrogen (secondary N) is 1. The smallest absolute Gasteiger partial charge is 0.231 e. The second-order valence-corrected chi connectivity index (χ2v) is 5.98. The van der Waals surface area contributed by atoms with Crippen LogP contribution < -0.4 is 11.1 Å². The predicted octanol–water partition coefficient (Wildman–Crippen LogP) is 3.44. The van der Waals surface area contributed by atoms with Crippen LogP contribution >= 0.6 is 15.9 Å². The van der Waals surface area contributed by atoms with Crippen molar-refractivity contribution in [2.45, 2.75) is 32.1 Å². The third-order valence-electron chi connectivity index (χ3n) is 3.86. The number of benzene rings is 1. The van der Waals surface area contributed by atoms with Gasteiger partial charge in [-0.05, 0) is 47.0 Å². The van der Waals surface area contributed by atoms with Crippen LogP contribution in [0.1, 0.15) is 32.1 Å². The minimum absolute atomic E-state index is 0.0480. The van der Waals surface area contributed by atoms with Crippen molar-refractivity contribution in [1.29, 1.82) is 0 Å². The van der Waals surface area contributed by atoms with Crippen LogP contribution in [0.4, 0.5) is 10.1 Å². The van der Waals surface area contributed by atoms with Gasteiger partial charge in [-0.25, -0.2) is 4.39 Å². The molecule has 0 spiro atoms. The van der Waals surface area contributed by atoms with Crippen molar-refractivity contribution in [3.8, 4) is 0 Å². The van der Waals surface area contributed by atoms with E-state index in [2.05, 4.69) is 21.2 Å². The average Bonchev–Trinajstić information content (AvgIpc) is 2.43. The standard InChI is InChI=1S/C14H18BrFN2O/c15-11-8-10(4-5-12(11)16)18-13(19)14(9-17)6-2-1-3-7-14/h4-5,8H,1-3,6-7,9,17H2,(H,18,19). The molecule has 3 N–H and O–H groups in total. The fourth-order valence-electron chi connectivity index (χ4n) is 2.59. The normalized spacial score (nSPS) is 18.1. The number of carbonyl (C=O) groups is 1. The maximum Gasteiger partial charge on any atom is 0.231 e. The van der Waals surface area contributed by atoms with E-state index in [1.807, 2.05) is 0 Å². The number of nitrogens with two attached hydrogens (primary N) is 1. The molecule has 0 heterocycles. The van der Waals surface area contributed by atoms with E-state index in [1.54, 1.807) is 12.1 Å². The zero-order valence-electron chi connectivity index (χ0n) is 10.7. The molecule has 0 bridgehead atoms. The first-order valence-corrected chi connectivity index (χ1v) is 7.33. The predicted molar refractivity (Wildman–Crippen MR) is 77.3 cm³/mol. The summed E-state index contributed by atoms with van der Waals surface area (Å²) in [6, 6.07) is 4.46. The molecule has 2 rings (SSSR count). The van der Waals surface area contributed by atoms with Crippen molar-refractivity contribution < 1.29 is 9.18 Å². The van der Waals surface area contributed by atoms with Gasteiger partial charge in [0.1, 0.15) is 5.82 Å². The number of hydrogen-bond donors (Lipinski definition) is 2.